The van der Waals surface area contributed by atoms with Gasteiger partial charge in [0.1, 0.15) is 46.5 Å². The molecule has 4 bridgehead atoms. The number of Topliss-reactive ketones (excluding diaryl/α,β-unsaturated/α-hetero) is 1. The average Bonchev–Trinajstić information content (AvgIpc) is 3.88. The Labute approximate surface area is 367 Å². The molecule has 3 aliphatic rings. The van der Waals surface area contributed by atoms with Gasteiger partial charge in [-0.15, -0.1) is 0 Å². The number of hydrogen-bond donors (Lipinski definition) is 2. The number of fused-ring (bicyclic) bond motifs is 5. The monoisotopic (exact) mass is 895 g/mol. The van der Waals surface area contributed by atoms with E-state index in [9.17, 15) is 29.1 Å². The Morgan fingerprint density at radius 2 is 1.90 bits per heavy atom. The van der Waals surface area contributed by atoms with Crippen LogP contribution in [0.4, 0.5) is 10.5 Å². The molecule has 0 spiro atoms. The van der Waals surface area contributed by atoms with Crippen LogP contribution in [0.2, 0.25) is 5.02 Å². The summed E-state index contributed by atoms with van der Waals surface area (Å²) in [6, 6.07) is 2.58. The maximum absolute atomic E-state index is 14.3. The number of alkyl carbamates (subject to hydrolysis) is 1. The Bertz CT molecular complexity index is 1830. The van der Waals surface area contributed by atoms with E-state index in [1.54, 1.807) is 87.7 Å². The van der Waals surface area contributed by atoms with Crippen molar-refractivity contribution in [2.45, 2.75) is 140 Å². The number of esters is 1. The fraction of sp³-hybridized carbons (Fsp3) is 0.651. The van der Waals surface area contributed by atoms with Gasteiger partial charge in [0.2, 0.25) is 11.8 Å². The highest BCUT2D eigenvalue weighted by Gasteiger charge is 2.64. The lowest BCUT2D eigenvalue weighted by Crippen LogP contribution is -2.63. The molecule has 1 aromatic carbocycles. The number of ketones is 1. The van der Waals surface area contributed by atoms with Crippen LogP contribution >= 0.6 is 33.2 Å². The van der Waals surface area contributed by atoms with Crippen molar-refractivity contribution in [1.82, 2.24) is 10.2 Å². The number of epoxide rings is 1. The summed E-state index contributed by atoms with van der Waals surface area (Å²) < 4.78 is 29.2. The largest absolute Gasteiger partial charge is 0.495 e. The molecule has 17 heteroatoms. The molecule has 8 atom stereocenters. The number of allylic oxidation sites excluding steroid dienone is 3. The number of aliphatic hydroxyl groups is 1. The third kappa shape index (κ3) is 12.4. The second-order valence-corrected chi connectivity index (χ2v) is 20.4. The summed E-state index contributed by atoms with van der Waals surface area (Å²) in [5.41, 5.74) is -0.966. The Morgan fingerprint density at radius 3 is 2.55 bits per heavy atom. The normalized spacial score (nSPS) is 29.2. The summed E-state index contributed by atoms with van der Waals surface area (Å²) >= 11 is 6.80. The molecule has 0 aromatic heterocycles. The van der Waals surface area contributed by atoms with Crippen molar-refractivity contribution in [3.63, 3.8) is 0 Å². The van der Waals surface area contributed by atoms with E-state index in [0.29, 0.717) is 30.7 Å². The van der Waals surface area contributed by atoms with Gasteiger partial charge in [0.15, 0.2) is 5.72 Å². The van der Waals surface area contributed by atoms with Crippen LogP contribution in [0.5, 0.6) is 5.75 Å². The number of nitrogens with one attached hydrogen (secondary N) is 1. The second kappa shape index (κ2) is 20.7. The molecule has 2 fully saturated rings. The minimum absolute atomic E-state index is 0.0601. The van der Waals surface area contributed by atoms with E-state index in [2.05, 4.69) is 19.2 Å². The van der Waals surface area contributed by atoms with Crippen molar-refractivity contribution >= 4 is 68.5 Å². The predicted molar refractivity (Wildman–Crippen MR) is 234 cm³/mol. The number of ether oxygens (including phenoxy) is 5. The summed E-state index contributed by atoms with van der Waals surface area (Å²) in [7, 11) is 9.39. The molecule has 60 heavy (non-hydrogen) atoms. The van der Waals surface area contributed by atoms with E-state index < -0.39 is 65.7 Å². The van der Waals surface area contributed by atoms with Crippen LogP contribution in [-0.4, -0.2) is 120 Å². The highest BCUT2D eigenvalue weighted by molar-refractivity contribution is 8.77. The number of halogens is 1. The van der Waals surface area contributed by atoms with Crippen molar-refractivity contribution in [2.24, 2.45) is 5.92 Å². The highest BCUT2D eigenvalue weighted by Crippen LogP contribution is 2.49. The van der Waals surface area contributed by atoms with E-state index in [4.69, 9.17) is 35.3 Å². The smallest absolute Gasteiger partial charge is 0.409 e. The first kappa shape index (κ1) is 49.4. The van der Waals surface area contributed by atoms with Gasteiger partial charge in [-0.1, -0.05) is 63.9 Å². The number of methoxy groups -OCH3 is 2. The van der Waals surface area contributed by atoms with Crippen LogP contribution in [-0.2, 0) is 44.5 Å². The minimum atomic E-state index is -1.84. The third-order valence-electron chi connectivity index (χ3n) is 11.5. The van der Waals surface area contributed by atoms with Crippen LogP contribution < -0.4 is 15.0 Å². The first-order chi connectivity index (χ1) is 28.0. The molecular weight excluding hydrogens is 834 g/mol. The third-order valence-corrected chi connectivity index (χ3v) is 15.3. The summed E-state index contributed by atoms with van der Waals surface area (Å²) in [6.45, 7) is 12.7. The second-order valence-electron chi connectivity index (χ2n) is 16.9. The Hall–Kier alpha value is -3.28. The van der Waals surface area contributed by atoms with E-state index >= 15 is 0 Å². The van der Waals surface area contributed by atoms with E-state index in [1.165, 1.54) is 24.0 Å². The number of carbonyl (C=O) groups excluding carboxylic acids is 5. The summed E-state index contributed by atoms with van der Waals surface area (Å²) in [5, 5.41) is 14.5. The molecule has 1 aromatic rings. The molecule has 3 aliphatic heterocycles. The zero-order valence-corrected chi connectivity index (χ0v) is 39.0. The number of benzene rings is 1. The lowest BCUT2D eigenvalue weighted by Gasteiger charge is -2.42. The topological polar surface area (TPSA) is 174 Å². The molecule has 3 amide bonds. The van der Waals surface area contributed by atoms with Crippen LogP contribution in [0.1, 0.15) is 92.6 Å². The highest BCUT2D eigenvalue weighted by atomic mass is 35.5. The van der Waals surface area contributed by atoms with Crippen molar-refractivity contribution in [3.05, 3.63) is 46.5 Å². The maximum atomic E-state index is 14.3. The molecular formula is C43H62ClN3O11S2. The number of carbonyl (C=O) groups is 5. The van der Waals surface area contributed by atoms with Crippen molar-refractivity contribution < 1.29 is 52.8 Å². The van der Waals surface area contributed by atoms with E-state index in [0.717, 1.165) is 23.3 Å². The summed E-state index contributed by atoms with van der Waals surface area (Å²) in [6.07, 6.45) is 2.93. The summed E-state index contributed by atoms with van der Waals surface area (Å²) in [5.74, 6) is -0.603. The zero-order valence-electron chi connectivity index (χ0n) is 36.6. The van der Waals surface area contributed by atoms with Gasteiger partial charge >= 0.3 is 12.1 Å². The van der Waals surface area contributed by atoms with E-state index in [-0.39, 0.29) is 40.7 Å². The average molecular weight is 897 g/mol. The number of amides is 3. The predicted octanol–water partition coefficient (Wildman–Crippen LogP) is 6.82. The molecule has 334 valence electrons. The first-order valence-electron chi connectivity index (χ1n) is 20.2. The summed E-state index contributed by atoms with van der Waals surface area (Å²) in [4.78, 5) is 68.6. The molecule has 2 N–H and O–H groups in total. The SMILES string of the molecule is COc1cc2cc(c1Cl)N(C)C(=O)C[C@H](OC(=O)[C@H](C)N(C)C(=O)CCC(C)(C)SSCCCC(C)=O)[C@@]1(C)O[C@H]1[C@H](C)[C@@H]1C[C@@](O)(NC(=O)O1)[C@H](OC)/C=C/C=C(\C)C2. The quantitative estimate of drug-likeness (QED) is 0.0863. The van der Waals surface area contributed by atoms with Gasteiger partial charge in [-0.25, -0.2) is 9.59 Å². The first-order valence-corrected chi connectivity index (χ1v) is 22.9. The van der Waals surface area contributed by atoms with Gasteiger partial charge in [0.25, 0.3) is 0 Å². The lowest BCUT2D eigenvalue weighted by atomic mass is 9.83. The van der Waals surface area contributed by atoms with Crippen LogP contribution in [0.15, 0.2) is 35.9 Å². The van der Waals surface area contributed by atoms with Crippen LogP contribution in [0.3, 0.4) is 0 Å². The van der Waals surface area contributed by atoms with Gasteiger partial charge in [-0.05, 0) is 78.5 Å². The molecule has 0 saturated carbocycles. The number of rotatable bonds is 14. The van der Waals surface area contributed by atoms with Crippen molar-refractivity contribution in [2.75, 3.05) is 39.0 Å². The van der Waals surface area contributed by atoms with Gasteiger partial charge in [-0.3, -0.25) is 14.9 Å². The number of hydrogen-bond acceptors (Lipinski definition) is 13. The van der Waals surface area contributed by atoms with Gasteiger partial charge in [-0.2, -0.15) is 0 Å². The van der Waals surface area contributed by atoms with Crippen LogP contribution in [0.25, 0.3) is 0 Å². The lowest BCUT2D eigenvalue weighted by molar-refractivity contribution is -0.162. The molecule has 0 unspecified atom stereocenters. The number of likely N-dealkylation sites (N-methyl/N-ethyl adjacent to an activating group) is 1. The molecule has 0 radical (unpaired) electrons. The fourth-order valence-electron chi connectivity index (χ4n) is 7.43. The maximum Gasteiger partial charge on any atom is 0.409 e. The molecule has 0 aliphatic carbocycles. The zero-order chi connectivity index (χ0) is 44.7. The Morgan fingerprint density at radius 1 is 1.20 bits per heavy atom. The molecule has 14 nitrogen and oxygen atoms in total. The van der Waals surface area contributed by atoms with Crippen molar-refractivity contribution in [1.29, 1.82) is 0 Å². The Balaban J connectivity index is 1.62. The van der Waals surface area contributed by atoms with Crippen LogP contribution in [0, 0.1) is 5.92 Å². The fourth-order valence-corrected chi connectivity index (χ4v) is 10.4. The van der Waals surface area contributed by atoms with Gasteiger partial charge in [0, 0.05) is 56.9 Å². The number of nitrogens with zero attached hydrogens (tertiary/aromatic N) is 2. The standard InChI is InChI=1S/C43H62ClN3O11S2/c1-25-14-12-16-33(55-11)43(53)24-32(56-40(52)45-43)27(3)38-42(7,58-38)34(23-36(50)47(9)30-21-29(20-25)22-31(54-10)37(30)44)57-39(51)28(4)46(8)35(49)17-18-41(5,6)60-59-19-13-15-26(2)48/h12,14,16,21-22,27-28,32-34,38,53H,13,15,17-20,23-24H2,1-11H3,(H,45,52)/b16-12+,25-14+/t27-,28+,32+,33-,34+,38+,42-,43+/m1/s1. The molecule has 3 heterocycles. The number of anilines is 1. The van der Waals surface area contributed by atoms with E-state index in [1.807, 2.05) is 13.0 Å². The van der Waals surface area contributed by atoms with Crippen molar-refractivity contribution in [3.8, 4) is 5.75 Å². The molecule has 2 saturated heterocycles. The minimum Gasteiger partial charge on any atom is -0.495 e. The molecule has 4 rings (SSSR count). The Kier molecular flexibility index (Phi) is 17.1. The van der Waals surface area contributed by atoms with Gasteiger partial charge < -0.3 is 43.4 Å². The van der Waals surface area contributed by atoms with Gasteiger partial charge in [0.05, 0.1) is 25.3 Å².